The van der Waals surface area contributed by atoms with Gasteiger partial charge in [-0.1, -0.05) is 65.0 Å². The number of esters is 2. The average molecular weight is 557 g/mol. The Labute approximate surface area is 239 Å². The third kappa shape index (κ3) is 5.47. The molecule has 0 aromatic heterocycles. The summed E-state index contributed by atoms with van der Waals surface area (Å²) in [6.45, 7) is 7.79. The smallest absolute Gasteiger partial charge is 0.306 e. The summed E-state index contributed by atoms with van der Waals surface area (Å²) >= 11 is 0. The van der Waals surface area contributed by atoms with Crippen LogP contribution in [0.4, 0.5) is 0 Å². The first-order valence-corrected chi connectivity index (χ1v) is 15.6. The highest BCUT2D eigenvalue weighted by Crippen LogP contribution is 2.68. The minimum atomic E-state index is -1.44. The highest BCUT2D eigenvalue weighted by Gasteiger charge is 2.70. The molecule has 0 aromatic rings. The van der Waals surface area contributed by atoms with Crippen molar-refractivity contribution < 1.29 is 33.8 Å². The molecule has 1 N–H and O–H groups in total. The van der Waals surface area contributed by atoms with E-state index in [1.54, 1.807) is 12.2 Å². The van der Waals surface area contributed by atoms with Crippen LogP contribution in [0.5, 0.6) is 0 Å². The normalized spacial score (nSPS) is 36.2. The van der Waals surface area contributed by atoms with E-state index in [0.717, 1.165) is 44.1 Å². The molecule has 4 rings (SSSR count). The number of ketones is 2. The number of carbonyl (C=O) groups excluding carboxylic acids is 4. The third-order valence-corrected chi connectivity index (χ3v) is 10.7. The number of aliphatic hydroxyl groups is 1. The maximum Gasteiger partial charge on any atom is 0.306 e. The van der Waals surface area contributed by atoms with Gasteiger partial charge in [-0.3, -0.25) is 19.2 Å². The van der Waals surface area contributed by atoms with Crippen LogP contribution in [0.3, 0.4) is 0 Å². The zero-order valence-corrected chi connectivity index (χ0v) is 24.8. The van der Waals surface area contributed by atoms with Crippen molar-refractivity contribution in [2.24, 2.45) is 28.6 Å². The van der Waals surface area contributed by atoms with Crippen LogP contribution in [-0.4, -0.2) is 46.9 Å². The van der Waals surface area contributed by atoms with Gasteiger partial charge in [0.05, 0.1) is 6.10 Å². The Morgan fingerprint density at radius 1 is 1.00 bits per heavy atom. The predicted molar refractivity (Wildman–Crippen MR) is 151 cm³/mol. The second-order valence-electron chi connectivity index (χ2n) is 13.0. The van der Waals surface area contributed by atoms with Crippen molar-refractivity contribution in [3.8, 4) is 0 Å². The van der Waals surface area contributed by atoms with E-state index < -0.39 is 41.1 Å². The largest absolute Gasteiger partial charge is 0.457 e. The fraction of sp³-hybridized carbons (Fsp3) is 0.758. The van der Waals surface area contributed by atoms with Crippen molar-refractivity contribution in [2.45, 2.75) is 123 Å². The minimum Gasteiger partial charge on any atom is -0.457 e. The molecule has 7 nitrogen and oxygen atoms in total. The molecular formula is C33H48O7. The molecular weight excluding hydrogens is 508 g/mol. The van der Waals surface area contributed by atoms with Gasteiger partial charge < -0.3 is 14.6 Å². The lowest BCUT2D eigenvalue weighted by Gasteiger charge is -2.59. The van der Waals surface area contributed by atoms with Crippen LogP contribution in [-0.2, 0) is 28.7 Å². The Kier molecular flexibility index (Phi) is 9.43. The molecule has 0 saturated heterocycles. The van der Waals surface area contributed by atoms with Gasteiger partial charge in [0.1, 0.15) is 0 Å². The van der Waals surface area contributed by atoms with E-state index in [9.17, 15) is 24.3 Å². The van der Waals surface area contributed by atoms with Crippen molar-refractivity contribution in [1.82, 2.24) is 0 Å². The molecule has 7 heteroatoms. The summed E-state index contributed by atoms with van der Waals surface area (Å²) in [4.78, 5) is 51.6. The molecule has 0 aliphatic heterocycles. The summed E-state index contributed by atoms with van der Waals surface area (Å²) < 4.78 is 11.6. The Morgan fingerprint density at radius 2 is 1.73 bits per heavy atom. The molecule has 40 heavy (non-hydrogen) atoms. The number of fused-ring (bicyclic) bond motifs is 5. The number of ether oxygens (including phenoxy) is 2. The van der Waals surface area contributed by atoms with Gasteiger partial charge in [-0.15, -0.1) is 0 Å². The van der Waals surface area contributed by atoms with E-state index in [4.69, 9.17) is 9.47 Å². The number of aliphatic hydroxyl groups excluding tert-OH is 1. The fourth-order valence-corrected chi connectivity index (χ4v) is 8.59. The van der Waals surface area contributed by atoms with Gasteiger partial charge in [0.2, 0.25) is 5.78 Å². The van der Waals surface area contributed by atoms with Crippen LogP contribution >= 0.6 is 0 Å². The van der Waals surface area contributed by atoms with Crippen LogP contribution in [0.1, 0.15) is 111 Å². The second-order valence-corrected chi connectivity index (χ2v) is 13.0. The van der Waals surface area contributed by atoms with Gasteiger partial charge in [-0.05, 0) is 68.9 Å². The number of unbranched alkanes of at least 4 members (excludes halogenated alkanes) is 4. The highest BCUT2D eigenvalue weighted by molar-refractivity contribution is 6.01. The molecule has 7 unspecified atom stereocenters. The number of hydrogen-bond acceptors (Lipinski definition) is 7. The lowest BCUT2D eigenvalue weighted by atomic mass is 9.46. The molecule has 4 aliphatic carbocycles. The second kappa shape index (κ2) is 12.3. The number of rotatable bonds is 12. The highest BCUT2D eigenvalue weighted by atomic mass is 16.6. The zero-order valence-electron chi connectivity index (χ0n) is 24.8. The van der Waals surface area contributed by atoms with Crippen LogP contribution in [0, 0.1) is 28.6 Å². The van der Waals surface area contributed by atoms with Gasteiger partial charge in [-0.25, -0.2) is 0 Å². The van der Waals surface area contributed by atoms with Gasteiger partial charge in [0.25, 0.3) is 0 Å². The number of Topliss-reactive ketones (excluding diaryl/α,β-unsaturated/α-hetero) is 1. The standard InChI is InChI=1S/C33H48O7/c1-5-7-9-10-12-29(38)40-33(27(36)21-39-28(37)11-8-6-2)18-16-25-24-14-13-22-19-23(34)15-17-31(22,3)30(24)26(35)20-32(25,33)4/h15,17,19,24-26,30,35H,5-14,16,18,20-21H2,1-4H3. The number of hydrogen-bond donors (Lipinski definition) is 1. The molecule has 4 aliphatic rings. The Balaban J connectivity index is 1.62. The molecule has 0 heterocycles. The third-order valence-electron chi connectivity index (χ3n) is 10.7. The summed E-state index contributed by atoms with van der Waals surface area (Å²) in [5.74, 6) is -1.12. The van der Waals surface area contributed by atoms with Gasteiger partial charge in [0.15, 0.2) is 18.0 Å². The predicted octanol–water partition coefficient (Wildman–Crippen LogP) is 5.82. The zero-order chi connectivity index (χ0) is 29.1. The van der Waals surface area contributed by atoms with Crippen LogP contribution in [0.25, 0.3) is 0 Å². The molecule has 0 amide bonds. The lowest BCUT2D eigenvalue weighted by molar-refractivity contribution is -0.201. The first-order valence-electron chi connectivity index (χ1n) is 15.6. The number of carbonyl (C=O) groups is 4. The minimum absolute atomic E-state index is 0.00845. The molecule has 222 valence electrons. The summed E-state index contributed by atoms with van der Waals surface area (Å²) in [5.41, 5.74) is -1.57. The van der Waals surface area contributed by atoms with Crippen LogP contribution in [0.15, 0.2) is 23.8 Å². The Morgan fingerprint density at radius 3 is 2.45 bits per heavy atom. The van der Waals surface area contributed by atoms with E-state index in [-0.39, 0.29) is 42.2 Å². The molecule has 0 aromatic carbocycles. The van der Waals surface area contributed by atoms with E-state index in [0.29, 0.717) is 32.1 Å². The molecule has 0 spiro atoms. The molecule has 0 bridgehead atoms. The Hall–Kier alpha value is -2.28. The maximum absolute atomic E-state index is 14.0. The van der Waals surface area contributed by atoms with Crippen molar-refractivity contribution in [1.29, 1.82) is 0 Å². The monoisotopic (exact) mass is 556 g/mol. The summed E-state index contributed by atoms with van der Waals surface area (Å²) in [7, 11) is 0. The number of allylic oxidation sites excluding steroid dienone is 4. The molecule has 3 fully saturated rings. The van der Waals surface area contributed by atoms with Crippen LogP contribution in [0.2, 0.25) is 0 Å². The van der Waals surface area contributed by atoms with Gasteiger partial charge in [-0.2, -0.15) is 0 Å². The van der Waals surface area contributed by atoms with Crippen molar-refractivity contribution in [2.75, 3.05) is 6.61 Å². The molecule has 7 atom stereocenters. The summed E-state index contributed by atoms with van der Waals surface area (Å²) in [6.07, 6.45) is 13.3. The SMILES string of the molecule is CCCCCCC(=O)OC1(C(=O)COC(=O)CCCC)CCC2C3CCC4=CC(=O)C=CC4(C)C3C(O)CC21C. The Bertz CT molecular complexity index is 1060. The fourth-order valence-electron chi connectivity index (χ4n) is 8.59. The topological polar surface area (TPSA) is 107 Å². The van der Waals surface area contributed by atoms with Crippen molar-refractivity contribution in [3.05, 3.63) is 23.8 Å². The van der Waals surface area contributed by atoms with Gasteiger partial charge >= 0.3 is 11.9 Å². The van der Waals surface area contributed by atoms with E-state index in [1.807, 2.05) is 19.9 Å². The molecule has 3 saturated carbocycles. The maximum atomic E-state index is 14.0. The van der Waals surface area contributed by atoms with Crippen molar-refractivity contribution in [3.63, 3.8) is 0 Å². The quantitative estimate of drug-likeness (QED) is 0.238. The summed E-state index contributed by atoms with van der Waals surface area (Å²) in [5, 5.41) is 11.8. The van der Waals surface area contributed by atoms with Gasteiger partial charge in [0, 0.05) is 29.6 Å². The summed E-state index contributed by atoms with van der Waals surface area (Å²) in [6, 6.07) is 0. The van der Waals surface area contributed by atoms with E-state index in [1.165, 1.54) is 0 Å². The van der Waals surface area contributed by atoms with Crippen LogP contribution < -0.4 is 0 Å². The first kappa shape index (κ1) is 30.7. The van der Waals surface area contributed by atoms with E-state index in [2.05, 4.69) is 13.8 Å². The molecule has 0 radical (unpaired) electrons. The first-order chi connectivity index (χ1) is 19.0. The lowest BCUT2D eigenvalue weighted by Crippen LogP contribution is -2.63. The van der Waals surface area contributed by atoms with Crippen molar-refractivity contribution >= 4 is 23.5 Å². The average Bonchev–Trinajstić information content (AvgIpc) is 3.20. The van der Waals surface area contributed by atoms with E-state index >= 15 is 0 Å².